The van der Waals surface area contributed by atoms with Crippen LogP contribution in [0.1, 0.15) is 27.3 Å². The minimum atomic E-state index is -0.515. The number of hydrogen-bond acceptors (Lipinski definition) is 6. The van der Waals surface area contributed by atoms with Gasteiger partial charge in [0.05, 0.1) is 18.9 Å². The van der Waals surface area contributed by atoms with E-state index in [0.29, 0.717) is 37.4 Å². The van der Waals surface area contributed by atoms with Crippen molar-refractivity contribution in [1.29, 1.82) is 0 Å². The summed E-state index contributed by atoms with van der Waals surface area (Å²) in [5.41, 5.74) is 0.702. The number of anilines is 1. The van der Waals surface area contributed by atoms with Crippen LogP contribution >= 0.6 is 0 Å². The Bertz CT molecular complexity index is 901. The number of ether oxygens (including phenoxy) is 1. The number of hydrogen-bond donors (Lipinski definition) is 1. The molecule has 3 amide bonds. The Morgan fingerprint density at radius 3 is 2.41 bits per heavy atom. The van der Waals surface area contributed by atoms with Crippen LogP contribution in [0.25, 0.3) is 0 Å². The quantitative estimate of drug-likeness (QED) is 0.601. The van der Waals surface area contributed by atoms with Crippen LogP contribution in [0.4, 0.5) is 5.69 Å². The summed E-state index contributed by atoms with van der Waals surface area (Å²) in [7, 11) is 1.27. The van der Waals surface area contributed by atoms with Crippen LogP contribution in [0.5, 0.6) is 0 Å². The van der Waals surface area contributed by atoms with Crippen LogP contribution in [-0.4, -0.2) is 66.8 Å². The first-order chi connectivity index (χ1) is 14.0. The van der Waals surface area contributed by atoms with Crippen LogP contribution in [0, 0.1) is 0 Å². The lowest BCUT2D eigenvalue weighted by Crippen LogP contribution is -2.51. The van der Waals surface area contributed by atoms with Crippen LogP contribution in [0.3, 0.4) is 0 Å². The van der Waals surface area contributed by atoms with Crippen molar-refractivity contribution in [1.82, 2.24) is 9.80 Å². The molecule has 2 aromatic rings. The minimum absolute atomic E-state index is 0.217. The first kappa shape index (κ1) is 20.1. The van der Waals surface area contributed by atoms with Gasteiger partial charge in [0.25, 0.3) is 5.91 Å². The summed E-state index contributed by atoms with van der Waals surface area (Å²) in [6, 6.07) is 9.52. The van der Waals surface area contributed by atoms with Gasteiger partial charge in [0.1, 0.15) is 6.42 Å². The lowest BCUT2D eigenvalue weighted by Gasteiger charge is -2.34. The number of esters is 1. The molecule has 1 aliphatic rings. The van der Waals surface area contributed by atoms with Gasteiger partial charge in [0, 0.05) is 31.9 Å². The highest BCUT2D eigenvalue weighted by molar-refractivity contribution is 6.04. The van der Waals surface area contributed by atoms with E-state index >= 15 is 0 Å². The molecule has 0 atom stereocenters. The van der Waals surface area contributed by atoms with Gasteiger partial charge in [-0.25, -0.2) is 4.79 Å². The number of furan rings is 1. The Hall–Kier alpha value is -3.62. The van der Waals surface area contributed by atoms with Crippen molar-refractivity contribution in [3.63, 3.8) is 0 Å². The molecule has 0 aliphatic carbocycles. The molecular weight excluding hydrogens is 378 g/mol. The van der Waals surface area contributed by atoms with Gasteiger partial charge in [-0.15, -0.1) is 0 Å². The smallest absolute Gasteiger partial charge is 0.337 e. The lowest BCUT2D eigenvalue weighted by atomic mass is 10.2. The molecular formula is C20H21N3O6. The van der Waals surface area contributed by atoms with Gasteiger partial charge in [-0.1, -0.05) is 6.07 Å². The van der Waals surface area contributed by atoms with Crippen molar-refractivity contribution < 1.29 is 28.3 Å². The first-order valence-electron chi connectivity index (χ1n) is 9.06. The van der Waals surface area contributed by atoms with Gasteiger partial charge in [-0.3, -0.25) is 14.4 Å². The zero-order chi connectivity index (χ0) is 20.8. The third-order valence-corrected chi connectivity index (χ3v) is 4.53. The number of carbonyl (C=O) groups excluding carboxylic acids is 4. The van der Waals surface area contributed by atoms with Crippen LogP contribution in [-0.2, 0) is 14.3 Å². The van der Waals surface area contributed by atoms with Crippen molar-refractivity contribution in [3.05, 3.63) is 54.0 Å². The van der Waals surface area contributed by atoms with E-state index in [-0.39, 0.29) is 24.0 Å². The Morgan fingerprint density at radius 2 is 1.76 bits per heavy atom. The molecule has 1 fully saturated rings. The van der Waals surface area contributed by atoms with Crippen LogP contribution in [0.2, 0.25) is 0 Å². The highest BCUT2D eigenvalue weighted by Gasteiger charge is 2.26. The molecule has 1 saturated heterocycles. The van der Waals surface area contributed by atoms with Gasteiger partial charge in [0.2, 0.25) is 11.8 Å². The van der Waals surface area contributed by atoms with E-state index in [1.807, 2.05) is 0 Å². The highest BCUT2D eigenvalue weighted by Crippen LogP contribution is 2.13. The van der Waals surface area contributed by atoms with E-state index in [1.165, 1.54) is 19.4 Å². The molecule has 0 bridgehead atoms. The lowest BCUT2D eigenvalue weighted by molar-refractivity contribution is -0.135. The third kappa shape index (κ3) is 5.01. The van der Waals surface area contributed by atoms with Crippen LogP contribution < -0.4 is 5.32 Å². The standard InChI is InChI=1S/C20H21N3O6/c1-28-20(27)14-4-2-5-15(12-14)21-17(24)13-18(25)22-7-9-23(10-8-22)19(26)16-6-3-11-29-16/h2-6,11-12H,7-10,13H2,1H3,(H,21,24). The predicted octanol–water partition coefficient (Wildman–Crippen LogP) is 1.38. The normalized spacial score (nSPS) is 13.7. The number of amides is 3. The summed E-state index contributed by atoms with van der Waals surface area (Å²) in [4.78, 5) is 51.6. The number of nitrogens with zero attached hydrogens (tertiary/aromatic N) is 2. The number of benzene rings is 1. The van der Waals surface area contributed by atoms with Crippen molar-refractivity contribution in [2.45, 2.75) is 6.42 Å². The molecule has 3 rings (SSSR count). The maximum atomic E-state index is 12.4. The molecule has 0 unspecified atom stereocenters. The minimum Gasteiger partial charge on any atom is -0.465 e. The SMILES string of the molecule is COC(=O)c1cccc(NC(=O)CC(=O)N2CCN(C(=O)c3ccco3)CC2)c1. The van der Waals surface area contributed by atoms with E-state index < -0.39 is 11.9 Å². The maximum absolute atomic E-state index is 12.4. The van der Waals surface area contributed by atoms with E-state index in [2.05, 4.69) is 10.1 Å². The number of carbonyl (C=O) groups is 4. The van der Waals surface area contributed by atoms with E-state index in [1.54, 1.807) is 40.1 Å². The molecule has 1 aliphatic heterocycles. The summed E-state index contributed by atoms with van der Waals surface area (Å²) >= 11 is 0. The van der Waals surface area contributed by atoms with Gasteiger partial charge >= 0.3 is 5.97 Å². The molecule has 1 N–H and O–H groups in total. The van der Waals surface area contributed by atoms with E-state index in [9.17, 15) is 19.2 Å². The fourth-order valence-corrected chi connectivity index (χ4v) is 3.01. The van der Waals surface area contributed by atoms with Gasteiger partial charge in [-0.05, 0) is 30.3 Å². The Balaban J connectivity index is 1.49. The second kappa shape index (κ2) is 9.05. The van der Waals surface area contributed by atoms with Gasteiger partial charge in [0.15, 0.2) is 5.76 Å². The van der Waals surface area contributed by atoms with Crippen molar-refractivity contribution in [2.75, 3.05) is 38.6 Å². The topological polar surface area (TPSA) is 109 Å². The van der Waals surface area contributed by atoms with Gasteiger partial charge in [-0.2, -0.15) is 0 Å². The van der Waals surface area contributed by atoms with Crippen molar-refractivity contribution in [2.24, 2.45) is 0 Å². The summed E-state index contributed by atoms with van der Waals surface area (Å²) in [6.45, 7) is 1.43. The molecule has 9 heteroatoms. The predicted molar refractivity (Wildman–Crippen MR) is 102 cm³/mol. The fourth-order valence-electron chi connectivity index (χ4n) is 3.01. The molecule has 0 spiro atoms. The Labute approximate surface area is 167 Å². The molecule has 152 valence electrons. The van der Waals surface area contributed by atoms with Crippen molar-refractivity contribution in [3.8, 4) is 0 Å². The largest absolute Gasteiger partial charge is 0.465 e. The Kier molecular flexibility index (Phi) is 6.28. The number of rotatable bonds is 5. The molecule has 0 radical (unpaired) electrons. The summed E-state index contributed by atoms with van der Waals surface area (Å²) in [5, 5.41) is 2.61. The average Bonchev–Trinajstić information content (AvgIpc) is 3.27. The first-order valence-corrected chi connectivity index (χ1v) is 9.06. The van der Waals surface area contributed by atoms with Crippen LogP contribution in [0.15, 0.2) is 47.1 Å². The average molecular weight is 399 g/mol. The molecule has 1 aromatic carbocycles. The second-order valence-corrected chi connectivity index (χ2v) is 6.45. The van der Waals surface area contributed by atoms with Gasteiger partial charge < -0.3 is 24.3 Å². The summed E-state index contributed by atoms with van der Waals surface area (Å²) in [6.07, 6.45) is 1.11. The monoisotopic (exact) mass is 399 g/mol. The molecule has 1 aromatic heterocycles. The summed E-state index contributed by atoms with van der Waals surface area (Å²) in [5.74, 6) is -1.27. The molecule has 2 heterocycles. The summed E-state index contributed by atoms with van der Waals surface area (Å²) < 4.78 is 9.75. The third-order valence-electron chi connectivity index (χ3n) is 4.53. The zero-order valence-corrected chi connectivity index (χ0v) is 15.9. The Morgan fingerprint density at radius 1 is 1.03 bits per heavy atom. The van der Waals surface area contributed by atoms with E-state index in [0.717, 1.165) is 0 Å². The molecule has 29 heavy (non-hydrogen) atoms. The number of nitrogens with one attached hydrogen (secondary N) is 1. The van der Waals surface area contributed by atoms with E-state index in [4.69, 9.17) is 4.42 Å². The van der Waals surface area contributed by atoms with Crippen molar-refractivity contribution >= 4 is 29.4 Å². The number of methoxy groups -OCH3 is 1. The second-order valence-electron chi connectivity index (χ2n) is 6.45. The maximum Gasteiger partial charge on any atom is 0.337 e. The fraction of sp³-hybridized carbons (Fsp3) is 0.300. The molecule has 9 nitrogen and oxygen atoms in total. The zero-order valence-electron chi connectivity index (χ0n) is 15.9. The molecule has 0 saturated carbocycles. The number of piperazine rings is 1. The highest BCUT2D eigenvalue weighted by atomic mass is 16.5.